The van der Waals surface area contributed by atoms with Gasteiger partial charge in [-0.3, -0.25) is 0 Å². The number of nitrogens with zero attached hydrogens (tertiary/aromatic N) is 2. The zero-order valence-corrected chi connectivity index (χ0v) is 10.4. The molecule has 0 amide bonds. The summed E-state index contributed by atoms with van der Waals surface area (Å²) >= 11 is 0. The molecule has 0 saturated heterocycles. The average molecular weight is 245 g/mol. The summed E-state index contributed by atoms with van der Waals surface area (Å²) in [7, 11) is 0. The van der Waals surface area contributed by atoms with Gasteiger partial charge in [0.15, 0.2) is 0 Å². The lowest BCUT2D eigenvalue weighted by atomic mass is 10.1. The van der Waals surface area contributed by atoms with E-state index in [1.54, 1.807) is 18.5 Å². The van der Waals surface area contributed by atoms with Crippen LogP contribution in [0.5, 0.6) is 0 Å². The Morgan fingerprint density at radius 2 is 2.06 bits per heavy atom. The molecule has 0 aliphatic heterocycles. The quantitative estimate of drug-likeness (QED) is 0.880. The summed E-state index contributed by atoms with van der Waals surface area (Å²) < 4.78 is 13.4. The third kappa shape index (κ3) is 3.26. The lowest BCUT2D eigenvalue weighted by molar-refractivity contribution is 0.610. The number of halogens is 1. The number of hydrogen-bond acceptors (Lipinski definition) is 3. The molecule has 0 radical (unpaired) electrons. The zero-order valence-electron chi connectivity index (χ0n) is 10.4. The fourth-order valence-electron chi connectivity index (χ4n) is 1.71. The standard InChI is InChI=1S/C14H16FN3/c1-2-12-9-14(18-10-17-12)16-8-7-11-5-3-4-6-13(11)15/h3-6,9-10H,2,7-8H2,1H3,(H,16,17,18). The van der Waals surface area contributed by atoms with Crippen LogP contribution in [0.3, 0.4) is 0 Å². The van der Waals surface area contributed by atoms with Crippen LogP contribution in [0, 0.1) is 5.82 Å². The van der Waals surface area contributed by atoms with Gasteiger partial charge in [-0.15, -0.1) is 0 Å². The predicted molar refractivity (Wildman–Crippen MR) is 70.0 cm³/mol. The molecule has 0 aliphatic carbocycles. The molecule has 3 nitrogen and oxygen atoms in total. The maximum atomic E-state index is 13.4. The molecular weight excluding hydrogens is 229 g/mol. The van der Waals surface area contributed by atoms with Crippen LogP contribution in [0.2, 0.25) is 0 Å². The summed E-state index contributed by atoms with van der Waals surface area (Å²) in [4.78, 5) is 8.25. The molecule has 2 rings (SSSR count). The van der Waals surface area contributed by atoms with Crippen LogP contribution >= 0.6 is 0 Å². The van der Waals surface area contributed by atoms with E-state index in [-0.39, 0.29) is 5.82 Å². The number of anilines is 1. The smallest absolute Gasteiger partial charge is 0.129 e. The van der Waals surface area contributed by atoms with Crippen molar-refractivity contribution < 1.29 is 4.39 Å². The Morgan fingerprint density at radius 3 is 2.83 bits per heavy atom. The Morgan fingerprint density at radius 1 is 1.22 bits per heavy atom. The minimum Gasteiger partial charge on any atom is -0.370 e. The van der Waals surface area contributed by atoms with Gasteiger partial charge >= 0.3 is 0 Å². The van der Waals surface area contributed by atoms with Crippen LogP contribution in [0.4, 0.5) is 10.2 Å². The van der Waals surface area contributed by atoms with E-state index in [0.29, 0.717) is 13.0 Å². The second-order valence-electron chi connectivity index (χ2n) is 4.02. The lowest BCUT2D eigenvalue weighted by Crippen LogP contribution is -2.08. The molecule has 1 aromatic heterocycles. The van der Waals surface area contributed by atoms with Gasteiger partial charge in [0.05, 0.1) is 0 Å². The van der Waals surface area contributed by atoms with Gasteiger partial charge in [0.2, 0.25) is 0 Å². The van der Waals surface area contributed by atoms with Gasteiger partial charge in [-0.25, -0.2) is 14.4 Å². The highest BCUT2D eigenvalue weighted by Crippen LogP contribution is 2.08. The minimum atomic E-state index is -0.156. The highest BCUT2D eigenvalue weighted by molar-refractivity contribution is 5.35. The van der Waals surface area contributed by atoms with E-state index in [1.807, 2.05) is 19.1 Å². The molecule has 94 valence electrons. The van der Waals surface area contributed by atoms with Crippen LogP contribution in [0.25, 0.3) is 0 Å². The first-order chi connectivity index (χ1) is 8.79. The fourth-order valence-corrected chi connectivity index (χ4v) is 1.71. The summed E-state index contributed by atoms with van der Waals surface area (Å²) in [6, 6.07) is 8.74. The van der Waals surface area contributed by atoms with Crippen molar-refractivity contribution in [2.75, 3.05) is 11.9 Å². The molecule has 0 saturated carbocycles. The number of rotatable bonds is 5. The van der Waals surface area contributed by atoms with E-state index in [4.69, 9.17) is 0 Å². The average Bonchev–Trinajstić information content (AvgIpc) is 2.41. The van der Waals surface area contributed by atoms with E-state index in [0.717, 1.165) is 23.5 Å². The van der Waals surface area contributed by atoms with Gasteiger partial charge < -0.3 is 5.32 Å². The SMILES string of the molecule is CCc1cc(NCCc2ccccc2F)ncn1. The molecule has 1 N–H and O–H groups in total. The van der Waals surface area contributed by atoms with Gasteiger partial charge in [-0.2, -0.15) is 0 Å². The third-order valence-electron chi connectivity index (χ3n) is 2.74. The number of hydrogen-bond donors (Lipinski definition) is 1. The summed E-state index contributed by atoms with van der Waals surface area (Å²) in [5.74, 6) is 0.634. The van der Waals surface area contributed by atoms with Gasteiger partial charge in [0.1, 0.15) is 18.0 Å². The van der Waals surface area contributed by atoms with E-state index < -0.39 is 0 Å². The topological polar surface area (TPSA) is 37.8 Å². The van der Waals surface area contributed by atoms with Crippen molar-refractivity contribution in [1.29, 1.82) is 0 Å². The molecule has 0 atom stereocenters. The third-order valence-corrected chi connectivity index (χ3v) is 2.74. The second kappa shape index (κ2) is 6.10. The van der Waals surface area contributed by atoms with Crippen LogP contribution in [-0.4, -0.2) is 16.5 Å². The molecule has 4 heteroatoms. The maximum absolute atomic E-state index is 13.4. The van der Waals surface area contributed by atoms with Gasteiger partial charge in [-0.1, -0.05) is 25.1 Å². The molecule has 1 aromatic carbocycles. The van der Waals surface area contributed by atoms with Crippen molar-refractivity contribution >= 4 is 5.82 Å². The molecule has 0 aliphatic rings. The monoisotopic (exact) mass is 245 g/mol. The first kappa shape index (κ1) is 12.5. The van der Waals surface area contributed by atoms with E-state index >= 15 is 0 Å². The number of nitrogens with one attached hydrogen (secondary N) is 1. The Balaban J connectivity index is 1.90. The van der Waals surface area contributed by atoms with Crippen LogP contribution in [-0.2, 0) is 12.8 Å². The predicted octanol–water partition coefficient (Wildman–Crippen LogP) is 2.83. The van der Waals surface area contributed by atoms with E-state index in [9.17, 15) is 4.39 Å². The lowest BCUT2D eigenvalue weighted by Gasteiger charge is -2.07. The van der Waals surface area contributed by atoms with E-state index in [2.05, 4.69) is 15.3 Å². The number of benzene rings is 1. The van der Waals surface area contributed by atoms with Crippen LogP contribution in [0.1, 0.15) is 18.2 Å². The number of aryl methyl sites for hydroxylation is 1. The largest absolute Gasteiger partial charge is 0.370 e. The highest BCUT2D eigenvalue weighted by atomic mass is 19.1. The van der Waals surface area contributed by atoms with Crippen molar-refractivity contribution in [2.24, 2.45) is 0 Å². The van der Waals surface area contributed by atoms with Crippen molar-refractivity contribution in [3.8, 4) is 0 Å². The van der Waals surface area contributed by atoms with Gasteiger partial charge in [0, 0.05) is 18.3 Å². The normalized spacial score (nSPS) is 10.3. The fraction of sp³-hybridized carbons (Fsp3) is 0.286. The first-order valence-corrected chi connectivity index (χ1v) is 6.08. The maximum Gasteiger partial charge on any atom is 0.129 e. The molecule has 2 aromatic rings. The molecule has 1 heterocycles. The molecule has 0 bridgehead atoms. The Bertz CT molecular complexity index is 514. The Labute approximate surface area is 106 Å². The Hall–Kier alpha value is -1.97. The zero-order chi connectivity index (χ0) is 12.8. The molecule has 0 fully saturated rings. The minimum absolute atomic E-state index is 0.156. The highest BCUT2D eigenvalue weighted by Gasteiger charge is 2.01. The van der Waals surface area contributed by atoms with Crippen molar-refractivity contribution in [3.05, 3.63) is 53.7 Å². The molecule has 0 unspecified atom stereocenters. The van der Waals surface area contributed by atoms with Crippen LogP contribution < -0.4 is 5.32 Å². The first-order valence-electron chi connectivity index (χ1n) is 6.08. The molecule has 18 heavy (non-hydrogen) atoms. The van der Waals surface area contributed by atoms with Gasteiger partial charge in [0.25, 0.3) is 0 Å². The summed E-state index contributed by atoms with van der Waals surface area (Å²) in [5.41, 5.74) is 1.72. The summed E-state index contributed by atoms with van der Waals surface area (Å²) in [5, 5.41) is 3.18. The van der Waals surface area contributed by atoms with Crippen molar-refractivity contribution in [3.63, 3.8) is 0 Å². The van der Waals surface area contributed by atoms with Crippen molar-refractivity contribution in [1.82, 2.24) is 9.97 Å². The molecule has 0 spiro atoms. The van der Waals surface area contributed by atoms with E-state index in [1.165, 1.54) is 6.07 Å². The van der Waals surface area contributed by atoms with Gasteiger partial charge in [-0.05, 0) is 24.5 Å². The van der Waals surface area contributed by atoms with Crippen LogP contribution in [0.15, 0.2) is 36.7 Å². The second-order valence-corrected chi connectivity index (χ2v) is 4.02. The molecular formula is C14H16FN3. The summed E-state index contributed by atoms with van der Waals surface area (Å²) in [6.07, 6.45) is 3.06. The summed E-state index contributed by atoms with van der Waals surface area (Å²) in [6.45, 7) is 2.70. The van der Waals surface area contributed by atoms with Crippen molar-refractivity contribution in [2.45, 2.75) is 19.8 Å². The number of aromatic nitrogens is 2. The Kier molecular flexibility index (Phi) is 4.23.